The van der Waals surface area contributed by atoms with E-state index in [1.54, 1.807) is 6.07 Å². The van der Waals surface area contributed by atoms with Crippen molar-refractivity contribution in [3.63, 3.8) is 0 Å². The molecule has 1 aliphatic heterocycles. The van der Waals surface area contributed by atoms with Gasteiger partial charge in [0.2, 0.25) is 17.6 Å². The van der Waals surface area contributed by atoms with Gasteiger partial charge in [0, 0.05) is 25.6 Å². The minimum atomic E-state index is -0.561. The predicted octanol–water partition coefficient (Wildman–Crippen LogP) is 0.303. The summed E-state index contributed by atoms with van der Waals surface area (Å²) in [6, 6.07) is 1.21. The first-order valence-electron chi connectivity index (χ1n) is 6.23. The number of likely N-dealkylation sites (tertiary alicyclic amines) is 1. The molecule has 2 amide bonds. The maximum atomic E-state index is 11.9. The lowest BCUT2D eigenvalue weighted by Gasteiger charge is -2.28. The van der Waals surface area contributed by atoms with Crippen molar-refractivity contribution in [1.82, 2.24) is 10.2 Å². The Hall–Kier alpha value is -2.15. The molecule has 1 aromatic rings. The van der Waals surface area contributed by atoms with Crippen molar-refractivity contribution in [1.29, 1.82) is 0 Å². The molecular formula is C13H16N2O5. The molecule has 1 saturated heterocycles. The van der Waals surface area contributed by atoms with Crippen molar-refractivity contribution < 1.29 is 23.5 Å². The number of piperidine rings is 1. The fourth-order valence-electron chi connectivity index (χ4n) is 2.08. The first-order chi connectivity index (χ1) is 9.54. The number of hydrogen-bond acceptors (Lipinski definition) is 6. The van der Waals surface area contributed by atoms with Crippen LogP contribution < -0.4 is 5.32 Å². The second-order valence-electron chi connectivity index (χ2n) is 4.53. The van der Waals surface area contributed by atoms with Crippen molar-refractivity contribution in [2.45, 2.75) is 25.4 Å². The number of carbonyl (C=O) groups is 3. The number of imide groups is 1. The Balaban J connectivity index is 1.99. The molecule has 0 radical (unpaired) electrons. The van der Waals surface area contributed by atoms with Gasteiger partial charge in [-0.3, -0.25) is 14.5 Å². The highest BCUT2D eigenvalue weighted by molar-refractivity contribution is 6.00. The maximum absolute atomic E-state index is 11.9. The van der Waals surface area contributed by atoms with E-state index in [9.17, 15) is 14.4 Å². The largest absolute Gasteiger partial charge is 0.463 e. The van der Waals surface area contributed by atoms with Gasteiger partial charge in [0.15, 0.2) is 0 Å². The Morgan fingerprint density at radius 1 is 1.55 bits per heavy atom. The number of likely N-dealkylation sites (N-methyl/N-ethyl adjacent to an activating group) is 1. The first-order valence-corrected chi connectivity index (χ1v) is 6.23. The summed E-state index contributed by atoms with van der Waals surface area (Å²) >= 11 is 0. The van der Waals surface area contributed by atoms with Crippen LogP contribution >= 0.6 is 0 Å². The van der Waals surface area contributed by atoms with Crippen molar-refractivity contribution in [2.24, 2.45) is 0 Å². The van der Waals surface area contributed by atoms with Gasteiger partial charge < -0.3 is 14.5 Å². The zero-order valence-electron chi connectivity index (χ0n) is 11.3. The summed E-state index contributed by atoms with van der Waals surface area (Å²) in [5.74, 6) is -0.877. The van der Waals surface area contributed by atoms with Crippen LogP contribution in [0.4, 0.5) is 0 Å². The molecule has 0 saturated carbocycles. The molecule has 0 aromatic carbocycles. The average Bonchev–Trinajstić information content (AvgIpc) is 2.91. The highest BCUT2D eigenvalue weighted by Gasteiger charge is 2.31. The van der Waals surface area contributed by atoms with E-state index < -0.39 is 12.0 Å². The molecule has 2 rings (SSSR count). The molecule has 1 fully saturated rings. The molecule has 1 atom stereocenters. The lowest BCUT2D eigenvalue weighted by Crippen LogP contribution is -2.51. The molecule has 108 valence electrons. The Morgan fingerprint density at radius 3 is 3.00 bits per heavy atom. The van der Waals surface area contributed by atoms with Gasteiger partial charge in [-0.25, -0.2) is 4.79 Å². The molecule has 20 heavy (non-hydrogen) atoms. The average molecular weight is 280 g/mol. The van der Waals surface area contributed by atoms with Crippen LogP contribution in [0.25, 0.3) is 0 Å². The van der Waals surface area contributed by atoms with Gasteiger partial charge in [-0.15, -0.1) is 0 Å². The number of rotatable bonds is 4. The molecule has 1 N–H and O–H groups in total. The van der Waals surface area contributed by atoms with Crippen LogP contribution in [0.2, 0.25) is 0 Å². The highest BCUT2D eigenvalue weighted by Crippen LogP contribution is 2.15. The van der Waals surface area contributed by atoms with Crippen molar-refractivity contribution in [2.75, 3.05) is 14.2 Å². The summed E-state index contributed by atoms with van der Waals surface area (Å²) in [4.78, 5) is 35.8. The van der Waals surface area contributed by atoms with Crippen LogP contribution in [0.1, 0.15) is 29.0 Å². The van der Waals surface area contributed by atoms with Crippen LogP contribution in [0, 0.1) is 0 Å². The normalized spacial score (nSPS) is 19.3. The van der Waals surface area contributed by atoms with E-state index in [4.69, 9.17) is 4.42 Å². The number of furan rings is 1. The van der Waals surface area contributed by atoms with E-state index in [0.717, 1.165) is 4.90 Å². The third-order valence-electron chi connectivity index (χ3n) is 3.31. The summed E-state index contributed by atoms with van der Waals surface area (Å²) < 4.78 is 9.66. The topological polar surface area (TPSA) is 88.8 Å². The molecule has 0 bridgehead atoms. The van der Waals surface area contributed by atoms with Crippen LogP contribution in [-0.4, -0.2) is 42.9 Å². The summed E-state index contributed by atoms with van der Waals surface area (Å²) in [7, 11) is 2.74. The Kier molecular flexibility index (Phi) is 4.19. The molecule has 7 nitrogen and oxygen atoms in total. The van der Waals surface area contributed by atoms with Gasteiger partial charge in [0.1, 0.15) is 0 Å². The van der Waals surface area contributed by atoms with Gasteiger partial charge in [0.25, 0.3) is 0 Å². The van der Waals surface area contributed by atoms with Crippen LogP contribution in [0.15, 0.2) is 16.7 Å². The Morgan fingerprint density at radius 2 is 2.30 bits per heavy atom. The zero-order chi connectivity index (χ0) is 14.7. The van der Waals surface area contributed by atoms with Crippen LogP contribution in [0.5, 0.6) is 0 Å². The lowest BCUT2D eigenvalue weighted by molar-refractivity contribution is -0.148. The molecule has 1 aliphatic rings. The van der Waals surface area contributed by atoms with Crippen molar-refractivity contribution >= 4 is 17.8 Å². The highest BCUT2D eigenvalue weighted by atomic mass is 16.5. The zero-order valence-corrected chi connectivity index (χ0v) is 11.3. The quantitative estimate of drug-likeness (QED) is 0.630. The Bertz CT molecular complexity index is 537. The first kappa shape index (κ1) is 14.3. The second kappa shape index (κ2) is 5.87. The number of ether oxygens (including phenoxy) is 1. The van der Waals surface area contributed by atoms with Crippen LogP contribution in [-0.2, 0) is 20.9 Å². The fourth-order valence-corrected chi connectivity index (χ4v) is 2.08. The third kappa shape index (κ3) is 2.72. The van der Waals surface area contributed by atoms with Crippen molar-refractivity contribution in [3.05, 3.63) is 23.7 Å². The van der Waals surface area contributed by atoms with E-state index in [1.807, 2.05) is 0 Å². The van der Waals surface area contributed by atoms with Gasteiger partial charge >= 0.3 is 5.97 Å². The molecule has 0 aliphatic carbocycles. The third-order valence-corrected chi connectivity index (χ3v) is 3.31. The summed E-state index contributed by atoms with van der Waals surface area (Å²) in [5, 5.41) is 3.03. The van der Waals surface area contributed by atoms with E-state index in [0.29, 0.717) is 24.9 Å². The molecule has 0 spiro atoms. The molecule has 1 aromatic heterocycles. The molecule has 2 heterocycles. The number of amides is 2. The Labute approximate surface area is 115 Å². The number of carbonyl (C=O) groups excluding carboxylic acids is 3. The van der Waals surface area contributed by atoms with Gasteiger partial charge in [-0.1, -0.05) is 0 Å². The minimum Gasteiger partial charge on any atom is -0.463 e. The lowest BCUT2D eigenvalue weighted by atomic mass is 10.0. The number of methoxy groups -OCH3 is 1. The predicted molar refractivity (Wildman–Crippen MR) is 67.7 cm³/mol. The standard InChI is InChI=1S/C13H16N2O5/c1-15-10(16)4-3-9(12(15)17)14-7-8-5-6-20-11(8)13(18)19-2/h5-6,9,14H,3-4,7H2,1-2H3. The monoisotopic (exact) mass is 280 g/mol. The fraction of sp³-hybridized carbons (Fsp3) is 0.462. The minimum absolute atomic E-state index is 0.118. The van der Waals surface area contributed by atoms with Crippen LogP contribution in [0.3, 0.4) is 0 Å². The number of esters is 1. The smallest absolute Gasteiger partial charge is 0.374 e. The van der Waals surface area contributed by atoms with E-state index in [1.165, 1.54) is 20.4 Å². The SMILES string of the molecule is COC(=O)c1occc1CNC1CCC(=O)N(C)C1=O. The van der Waals surface area contributed by atoms with E-state index >= 15 is 0 Å². The van der Waals surface area contributed by atoms with Gasteiger partial charge in [-0.05, 0) is 12.5 Å². The van der Waals surface area contributed by atoms with Gasteiger partial charge in [0.05, 0.1) is 19.4 Å². The molecule has 1 unspecified atom stereocenters. The summed E-state index contributed by atoms with van der Waals surface area (Å²) in [6.07, 6.45) is 2.17. The van der Waals surface area contributed by atoms with Gasteiger partial charge in [-0.2, -0.15) is 0 Å². The molecular weight excluding hydrogens is 264 g/mol. The summed E-state index contributed by atoms with van der Waals surface area (Å²) in [6.45, 7) is 0.291. The second-order valence-corrected chi connectivity index (χ2v) is 4.53. The number of nitrogens with one attached hydrogen (secondary N) is 1. The number of hydrogen-bond donors (Lipinski definition) is 1. The maximum Gasteiger partial charge on any atom is 0.374 e. The molecule has 7 heteroatoms. The summed E-state index contributed by atoms with van der Waals surface area (Å²) in [5.41, 5.74) is 0.615. The van der Waals surface area contributed by atoms with Crippen molar-refractivity contribution in [3.8, 4) is 0 Å². The van der Waals surface area contributed by atoms with E-state index in [-0.39, 0.29) is 17.6 Å². The number of nitrogens with zero attached hydrogens (tertiary/aromatic N) is 1. The van der Waals surface area contributed by atoms with E-state index in [2.05, 4.69) is 10.1 Å².